The number of rotatable bonds is 9. The maximum absolute atomic E-state index is 12.4. The number of aliphatic carboxylic acids is 1. The second-order valence-corrected chi connectivity index (χ2v) is 8.24. The van der Waals surface area contributed by atoms with Gasteiger partial charge in [0.2, 0.25) is 0 Å². The van der Waals surface area contributed by atoms with Crippen LogP contribution in [0.1, 0.15) is 24.5 Å². The molecule has 1 unspecified atom stereocenters. The highest BCUT2D eigenvalue weighted by molar-refractivity contribution is 5.86. The van der Waals surface area contributed by atoms with Crippen molar-refractivity contribution in [2.45, 2.75) is 39.0 Å². The summed E-state index contributed by atoms with van der Waals surface area (Å²) >= 11 is 0. The summed E-state index contributed by atoms with van der Waals surface area (Å²) in [5.41, 5.74) is 4.95. The number of carbonyl (C=O) groups is 2. The molecule has 1 amide bonds. The first-order chi connectivity index (χ1) is 16.5. The van der Waals surface area contributed by atoms with Crippen molar-refractivity contribution < 1.29 is 19.4 Å². The molecule has 0 spiro atoms. The number of amides is 1. The van der Waals surface area contributed by atoms with Gasteiger partial charge in [0.15, 0.2) is 0 Å². The third-order valence-corrected chi connectivity index (χ3v) is 5.78. The van der Waals surface area contributed by atoms with Crippen LogP contribution in [0.15, 0.2) is 85.1 Å². The highest BCUT2D eigenvalue weighted by atomic mass is 16.5. The van der Waals surface area contributed by atoms with Crippen molar-refractivity contribution in [1.82, 2.24) is 9.88 Å². The molecule has 1 heterocycles. The normalized spacial score (nSPS) is 11.8. The Bertz CT molecular complexity index is 1260. The van der Waals surface area contributed by atoms with E-state index in [0.717, 1.165) is 46.1 Å². The molecular weight excluding hydrogens is 428 g/mol. The molecule has 3 aromatic carbocycles. The van der Waals surface area contributed by atoms with Gasteiger partial charge in [-0.15, -0.1) is 0 Å². The lowest BCUT2D eigenvalue weighted by Crippen LogP contribution is -2.42. The van der Waals surface area contributed by atoms with Crippen LogP contribution < -0.4 is 5.32 Å². The number of aryl methyl sites for hydroxylation is 1. The van der Waals surface area contributed by atoms with Gasteiger partial charge in [0, 0.05) is 30.1 Å². The lowest BCUT2D eigenvalue weighted by molar-refractivity contribution is -0.139. The van der Waals surface area contributed by atoms with E-state index in [2.05, 4.69) is 16.8 Å². The van der Waals surface area contributed by atoms with Crippen LogP contribution in [0.2, 0.25) is 0 Å². The Kier molecular flexibility index (Phi) is 7.28. The number of para-hydroxylation sites is 1. The van der Waals surface area contributed by atoms with Crippen LogP contribution in [0.25, 0.3) is 22.0 Å². The van der Waals surface area contributed by atoms with Gasteiger partial charge in [-0.25, -0.2) is 9.59 Å². The van der Waals surface area contributed by atoms with Crippen LogP contribution in [0.4, 0.5) is 4.79 Å². The van der Waals surface area contributed by atoms with Gasteiger partial charge in [-0.2, -0.15) is 0 Å². The Hall–Kier alpha value is -4.06. The van der Waals surface area contributed by atoms with Crippen LogP contribution in [-0.4, -0.2) is 27.8 Å². The Labute approximate surface area is 198 Å². The summed E-state index contributed by atoms with van der Waals surface area (Å²) in [7, 11) is 0. The number of carboxylic acids is 1. The quantitative estimate of drug-likeness (QED) is 0.342. The SMILES string of the molecule is CCCn1cc(CC(NC(=O)OCc2ccc(-c3ccccc3)cc2)C(=O)O)c2ccccc21. The third-order valence-electron chi connectivity index (χ3n) is 5.78. The smallest absolute Gasteiger partial charge is 0.408 e. The summed E-state index contributed by atoms with van der Waals surface area (Å²) < 4.78 is 7.43. The Morgan fingerprint density at radius 3 is 2.32 bits per heavy atom. The molecule has 0 fully saturated rings. The standard InChI is InChI=1S/C28H28N2O4/c1-2-16-30-18-23(24-10-6-7-11-26(24)30)17-25(27(31)32)29-28(33)34-19-20-12-14-22(15-13-20)21-8-4-3-5-9-21/h3-15,18,25H,2,16-17,19H2,1H3,(H,29,33)(H,31,32). The summed E-state index contributed by atoms with van der Waals surface area (Å²) in [6.07, 6.45) is 2.37. The van der Waals surface area contributed by atoms with Crippen molar-refractivity contribution in [3.8, 4) is 11.1 Å². The topological polar surface area (TPSA) is 80.6 Å². The third kappa shape index (κ3) is 5.46. The van der Waals surface area contributed by atoms with Gasteiger partial charge in [0.25, 0.3) is 0 Å². The number of benzene rings is 3. The van der Waals surface area contributed by atoms with Crippen molar-refractivity contribution in [3.05, 3.63) is 96.2 Å². The van der Waals surface area contributed by atoms with Crippen molar-refractivity contribution >= 4 is 23.0 Å². The van der Waals surface area contributed by atoms with Gasteiger partial charge >= 0.3 is 12.1 Å². The predicted octanol–water partition coefficient (Wildman–Crippen LogP) is 5.64. The molecule has 0 aliphatic carbocycles. The summed E-state index contributed by atoms with van der Waals surface area (Å²) in [6, 6.07) is 24.5. The Balaban J connectivity index is 1.38. The fraction of sp³-hybridized carbons (Fsp3) is 0.214. The van der Waals surface area contributed by atoms with Gasteiger partial charge in [0.1, 0.15) is 12.6 Å². The van der Waals surface area contributed by atoms with Gasteiger partial charge < -0.3 is 19.7 Å². The average Bonchev–Trinajstić information content (AvgIpc) is 3.20. The van der Waals surface area contributed by atoms with E-state index in [1.165, 1.54) is 0 Å². The molecule has 2 N–H and O–H groups in total. The van der Waals surface area contributed by atoms with E-state index in [1.54, 1.807) is 0 Å². The molecule has 1 aromatic heterocycles. The van der Waals surface area contributed by atoms with E-state index in [1.807, 2.05) is 85.1 Å². The fourth-order valence-corrected chi connectivity index (χ4v) is 4.09. The first-order valence-corrected chi connectivity index (χ1v) is 11.4. The van der Waals surface area contributed by atoms with Crippen molar-refractivity contribution in [3.63, 3.8) is 0 Å². The number of hydrogen-bond acceptors (Lipinski definition) is 3. The number of alkyl carbamates (subject to hydrolysis) is 1. The van der Waals surface area contributed by atoms with Gasteiger partial charge in [-0.05, 0) is 34.7 Å². The molecule has 4 aromatic rings. The van der Waals surface area contributed by atoms with E-state index in [0.29, 0.717) is 0 Å². The number of carbonyl (C=O) groups excluding carboxylic acids is 1. The van der Waals surface area contributed by atoms with Gasteiger partial charge in [-0.3, -0.25) is 0 Å². The van der Waals surface area contributed by atoms with Crippen molar-refractivity contribution in [1.29, 1.82) is 0 Å². The molecule has 6 heteroatoms. The highest BCUT2D eigenvalue weighted by Crippen LogP contribution is 2.23. The second-order valence-electron chi connectivity index (χ2n) is 8.24. The molecule has 0 saturated heterocycles. The van der Waals surface area contributed by atoms with E-state index >= 15 is 0 Å². The second kappa shape index (κ2) is 10.7. The lowest BCUT2D eigenvalue weighted by Gasteiger charge is -2.14. The molecule has 0 bridgehead atoms. The van der Waals surface area contributed by atoms with Crippen molar-refractivity contribution in [2.24, 2.45) is 0 Å². The van der Waals surface area contributed by atoms with Gasteiger partial charge in [0.05, 0.1) is 0 Å². The molecule has 0 aliphatic heterocycles. The van der Waals surface area contributed by atoms with Crippen molar-refractivity contribution in [2.75, 3.05) is 0 Å². The molecule has 34 heavy (non-hydrogen) atoms. The number of carboxylic acid groups (broad SMARTS) is 1. The van der Waals surface area contributed by atoms with E-state index < -0.39 is 18.1 Å². The monoisotopic (exact) mass is 456 g/mol. The molecule has 0 aliphatic rings. The molecule has 0 saturated carbocycles. The summed E-state index contributed by atoms with van der Waals surface area (Å²) in [4.78, 5) is 24.3. The van der Waals surface area contributed by atoms with Crippen LogP contribution in [-0.2, 0) is 29.1 Å². The number of hydrogen-bond donors (Lipinski definition) is 2. The molecule has 4 rings (SSSR count). The van der Waals surface area contributed by atoms with Gasteiger partial charge in [-0.1, -0.05) is 79.7 Å². The minimum absolute atomic E-state index is 0.0586. The number of aromatic nitrogens is 1. The maximum Gasteiger partial charge on any atom is 0.408 e. The number of ether oxygens (including phenoxy) is 1. The average molecular weight is 457 g/mol. The first-order valence-electron chi connectivity index (χ1n) is 11.4. The number of nitrogens with one attached hydrogen (secondary N) is 1. The zero-order chi connectivity index (χ0) is 23.9. The fourth-order valence-electron chi connectivity index (χ4n) is 4.09. The zero-order valence-electron chi connectivity index (χ0n) is 19.1. The Morgan fingerprint density at radius 2 is 1.62 bits per heavy atom. The number of nitrogens with zero attached hydrogens (tertiary/aromatic N) is 1. The summed E-state index contributed by atoms with van der Waals surface area (Å²) in [6.45, 7) is 3.00. The van der Waals surface area contributed by atoms with Crippen LogP contribution in [0.3, 0.4) is 0 Å². The predicted molar refractivity (Wildman–Crippen MR) is 133 cm³/mol. The largest absolute Gasteiger partial charge is 0.480 e. The molecule has 0 radical (unpaired) electrons. The summed E-state index contributed by atoms with van der Waals surface area (Å²) in [5, 5.41) is 13.2. The lowest BCUT2D eigenvalue weighted by atomic mass is 10.0. The Morgan fingerprint density at radius 1 is 0.941 bits per heavy atom. The number of fused-ring (bicyclic) bond motifs is 1. The molecule has 6 nitrogen and oxygen atoms in total. The van der Waals surface area contributed by atoms with E-state index in [4.69, 9.17) is 4.74 Å². The van der Waals surface area contributed by atoms with Crippen LogP contribution in [0, 0.1) is 0 Å². The molecule has 1 atom stereocenters. The van der Waals surface area contributed by atoms with Crippen LogP contribution in [0.5, 0.6) is 0 Å². The molecule has 174 valence electrons. The van der Waals surface area contributed by atoms with E-state index in [-0.39, 0.29) is 13.0 Å². The first kappa shape index (κ1) is 23.1. The van der Waals surface area contributed by atoms with E-state index in [9.17, 15) is 14.7 Å². The zero-order valence-corrected chi connectivity index (χ0v) is 19.1. The minimum Gasteiger partial charge on any atom is -0.480 e. The summed E-state index contributed by atoms with van der Waals surface area (Å²) in [5.74, 6) is -1.10. The highest BCUT2D eigenvalue weighted by Gasteiger charge is 2.23. The maximum atomic E-state index is 12.4. The van der Waals surface area contributed by atoms with Crippen LogP contribution >= 0.6 is 0 Å². The minimum atomic E-state index is -1.10. The molecular formula is C28H28N2O4.